The third-order valence-electron chi connectivity index (χ3n) is 4.29. The summed E-state index contributed by atoms with van der Waals surface area (Å²) in [6.45, 7) is 3.51. The van der Waals surface area contributed by atoms with Gasteiger partial charge in [-0.1, -0.05) is 30.3 Å². The lowest BCUT2D eigenvalue weighted by Crippen LogP contribution is -2.32. The Hall–Kier alpha value is -2.49. The molecule has 2 aromatic rings. The first kappa shape index (κ1) is 18.8. The van der Waals surface area contributed by atoms with Gasteiger partial charge < -0.3 is 14.4 Å². The summed E-state index contributed by atoms with van der Waals surface area (Å²) in [4.78, 5) is 14.5. The Labute approximate surface area is 150 Å². The summed E-state index contributed by atoms with van der Waals surface area (Å²) in [6, 6.07) is 16.0. The SMILES string of the molecule is CCN(CCc1ccccc1)C(=O)CCc1cc(OC)cc(OC)c1. The first-order chi connectivity index (χ1) is 12.2. The number of hydrogen-bond donors (Lipinski definition) is 0. The van der Waals surface area contributed by atoms with Crippen LogP contribution in [0.15, 0.2) is 48.5 Å². The minimum atomic E-state index is 0.181. The standard InChI is InChI=1S/C21H27NO3/c1-4-22(13-12-17-8-6-5-7-9-17)21(23)11-10-18-14-19(24-2)16-20(15-18)25-3/h5-9,14-16H,4,10-13H2,1-3H3. The maximum Gasteiger partial charge on any atom is 0.222 e. The van der Waals surface area contributed by atoms with E-state index in [1.807, 2.05) is 48.2 Å². The maximum atomic E-state index is 12.5. The predicted molar refractivity (Wildman–Crippen MR) is 100 cm³/mol. The Kier molecular flexibility index (Phi) is 7.33. The fourth-order valence-electron chi connectivity index (χ4n) is 2.79. The minimum Gasteiger partial charge on any atom is -0.497 e. The first-order valence-corrected chi connectivity index (χ1v) is 8.70. The van der Waals surface area contributed by atoms with Crippen LogP contribution >= 0.6 is 0 Å². The van der Waals surface area contributed by atoms with Crippen molar-refractivity contribution in [3.8, 4) is 11.5 Å². The summed E-state index contributed by atoms with van der Waals surface area (Å²) in [6.07, 6.45) is 2.04. The summed E-state index contributed by atoms with van der Waals surface area (Å²) < 4.78 is 10.6. The summed E-state index contributed by atoms with van der Waals surface area (Å²) >= 11 is 0. The molecule has 1 amide bonds. The highest BCUT2D eigenvalue weighted by atomic mass is 16.5. The Morgan fingerprint density at radius 2 is 1.56 bits per heavy atom. The normalized spacial score (nSPS) is 10.4. The third kappa shape index (κ3) is 5.82. The Morgan fingerprint density at radius 1 is 0.920 bits per heavy atom. The van der Waals surface area contributed by atoms with Crippen LogP contribution in [0.1, 0.15) is 24.5 Å². The van der Waals surface area contributed by atoms with Crippen molar-refractivity contribution in [1.82, 2.24) is 4.90 Å². The molecule has 0 saturated heterocycles. The van der Waals surface area contributed by atoms with Crippen LogP contribution in [0.3, 0.4) is 0 Å². The van der Waals surface area contributed by atoms with E-state index >= 15 is 0 Å². The van der Waals surface area contributed by atoms with Crippen molar-refractivity contribution in [2.24, 2.45) is 0 Å². The molecule has 0 spiro atoms. The molecule has 0 fully saturated rings. The van der Waals surface area contributed by atoms with Crippen LogP contribution in [0.2, 0.25) is 0 Å². The number of amides is 1. The van der Waals surface area contributed by atoms with E-state index in [1.54, 1.807) is 14.2 Å². The predicted octanol–water partition coefficient (Wildman–Crippen LogP) is 3.73. The van der Waals surface area contributed by atoms with E-state index < -0.39 is 0 Å². The average molecular weight is 341 g/mol. The van der Waals surface area contributed by atoms with Gasteiger partial charge in [0.05, 0.1) is 14.2 Å². The van der Waals surface area contributed by atoms with E-state index in [0.29, 0.717) is 12.8 Å². The number of rotatable bonds is 9. The maximum absolute atomic E-state index is 12.5. The van der Waals surface area contributed by atoms with Crippen molar-refractivity contribution in [2.75, 3.05) is 27.3 Å². The third-order valence-corrected chi connectivity index (χ3v) is 4.29. The molecule has 0 aliphatic rings. The van der Waals surface area contributed by atoms with Gasteiger partial charge in [-0.25, -0.2) is 0 Å². The van der Waals surface area contributed by atoms with Crippen molar-refractivity contribution in [3.05, 3.63) is 59.7 Å². The van der Waals surface area contributed by atoms with Crippen LogP contribution in [0, 0.1) is 0 Å². The fourth-order valence-corrected chi connectivity index (χ4v) is 2.79. The monoisotopic (exact) mass is 341 g/mol. The van der Waals surface area contributed by atoms with Crippen LogP contribution in [-0.4, -0.2) is 38.1 Å². The highest BCUT2D eigenvalue weighted by molar-refractivity contribution is 5.76. The molecule has 25 heavy (non-hydrogen) atoms. The van der Waals surface area contributed by atoms with E-state index in [2.05, 4.69) is 12.1 Å². The summed E-state index contributed by atoms with van der Waals surface area (Å²) in [7, 11) is 3.26. The van der Waals surface area contributed by atoms with Gasteiger partial charge in [0.25, 0.3) is 0 Å². The summed E-state index contributed by atoms with van der Waals surface area (Å²) in [5.41, 5.74) is 2.30. The lowest BCUT2D eigenvalue weighted by Gasteiger charge is -2.21. The molecule has 0 saturated carbocycles. The van der Waals surface area contributed by atoms with Crippen LogP contribution in [0.4, 0.5) is 0 Å². The van der Waals surface area contributed by atoms with Crippen molar-refractivity contribution >= 4 is 5.91 Å². The fraction of sp³-hybridized carbons (Fsp3) is 0.381. The highest BCUT2D eigenvalue weighted by Crippen LogP contribution is 2.23. The number of aryl methyl sites for hydroxylation is 1. The van der Waals surface area contributed by atoms with Gasteiger partial charge in [-0.05, 0) is 43.0 Å². The van der Waals surface area contributed by atoms with Gasteiger partial charge in [0.15, 0.2) is 0 Å². The van der Waals surface area contributed by atoms with Crippen molar-refractivity contribution in [2.45, 2.75) is 26.2 Å². The van der Waals surface area contributed by atoms with Gasteiger partial charge in [0.1, 0.15) is 11.5 Å². The van der Waals surface area contributed by atoms with Crippen molar-refractivity contribution < 1.29 is 14.3 Å². The van der Waals surface area contributed by atoms with Crippen molar-refractivity contribution in [1.29, 1.82) is 0 Å². The van der Waals surface area contributed by atoms with Gasteiger partial charge in [-0.15, -0.1) is 0 Å². The Morgan fingerprint density at radius 3 is 2.12 bits per heavy atom. The zero-order valence-electron chi connectivity index (χ0n) is 15.3. The molecule has 2 rings (SSSR count). The van der Waals surface area contributed by atoms with Crippen LogP contribution in [-0.2, 0) is 17.6 Å². The molecular weight excluding hydrogens is 314 g/mol. The molecule has 0 heterocycles. The number of benzene rings is 2. The number of ether oxygens (including phenoxy) is 2. The quantitative estimate of drug-likeness (QED) is 0.698. The van der Waals surface area contributed by atoms with E-state index in [0.717, 1.165) is 36.6 Å². The van der Waals surface area contributed by atoms with Crippen molar-refractivity contribution in [3.63, 3.8) is 0 Å². The van der Waals surface area contributed by atoms with E-state index in [-0.39, 0.29) is 5.91 Å². The van der Waals surface area contributed by atoms with Gasteiger partial charge in [0, 0.05) is 25.6 Å². The molecule has 4 heteroatoms. The number of methoxy groups -OCH3 is 2. The van der Waals surface area contributed by atoms with Crippen LogP contribution in [0.5, 0.6) is 11.5 Å². The lowest BCUT2D eigenvalue weighted by atomic mass is 10.1. The molecule has 0 aromatic heterocycles. The van der Waals surface area contributed by atoms with Gasteiger partial charge >= 0.3 is 0 Å². The zero-order chi connectivity index (χ0) is 18.1. The largest absolute Gasteiger partial charge is 0.497 e. The van der Waals surface area contributed by atoms with E-state index in [4.69, 9.17) is 9.47 Å². The molecule has 0 unspecified atom stereocenters. The Balaban J connectivity index is 1.91. The molecule has 0 radical (unpaired) electrons. The number of likely N-dealkylation sites (N-methyl/N-ethyl adjacent to an activating group) is 1. The zero-order valence-corrected chi connectivity index (χ0v) is 15.3. The van der Waals surface area contributed by atoms with Gasteiger partial charge in [0.2, 0.25) is 5.91 Å². The number of carbonyl (C=O) groups excluding carboxylic acids is 1. The Bertz CT molecular complexity index is 648. The second kappa shape index (κ2) is 9.72. The highest BCUT2D eigenvalue weighted by Gasteiger charge is 2.12. The topological polar surface area (TPSA) is 38.8 Å². The number of carbonyl (C=O) groups is 1. The van der Waals surface area contributed by atoms with Crippen LogP contribution < -0.4 is 9.47 Å². The molecule has 0 N–H and O–H groups in total. The molecule has 0 atom stereocenters. The average Bonchev–Trinajstić information content (AvgIpc) is 2.67. The van der Waals surface area contributed by atoms with Gasteiger partial charge in [-0.2, -0.15) is 0 Å². The van der Waals surface area contributed by atoms with E-state index in [1.165, 1.54) is 5.56 Å². The molecule has 0 bridgehead atoms. The number of hydrogen-bond acceptors (Lipinski definition) is 3. The second-order valence-corrected chi connectivity index (χ2v) is 5.93. The van der Waals surface area contributed by atoms with E-state index in [9.17, 15) is 4.79 Å². The molecule has 2 aromatic carbocycles. The molecule has 4 nitrogen and oxygen atoms in total. The lowest BCUT2D eigenvalue weighted by molar-refractivity contribution is -0.130. The number of nitrogens with zero attached hydrogens (tertiary/aromatic N) is 1. The molecule has 134 valence electrons. The minimum absolute atomic E-state index is 0.181. The smallest absolute Gasteiger partial charge is 0.222 e. The second-order valence-electron chi connectivity index (χ2n) is 5.93. The van der Waals surface area contributed by atoms with Crippen LogP contribution in [0.25, 0.3) is 0 Å². The molecule has 0 aliphatic heterocycles. The summed E-state index contributed by atoms with van der Waals surface area (Å²) in [5, 5.41) is 0. The van der Waals surface area contributed by atoms with Gasteiger partial charge in [-0.3, -0.25) is 4.79 Å². The molecular formula is C21H27NO3. The summed E-state index contributed by atoms with van der Waals surface area (Å²) in [5.74, 6) is 1.68. The first-order valence-electron chi connectivity index (χ1n) is 8.70. The molecule has 0 aliphatic carbocycles.